The Morgan fingerprint density at radius 2 is 2.17 bits per heavy atom. The summed E-state index contributed by atoms with van der Waals surface area (Å²) in [6.45, 7) is -0.449. The second-order valence-corrected chi connectivity index (χ2v) is 6.98. The van der Waals surface area contributed by atoms with Gasteiger partial charge in [-0.15, -0.1) is 11.3 Å². The lowest BCUT2D eigenvalue weighted by Gasteiger charge is -2.28. The SMILES string of the molecule is O=C1C[C@H](C(=O)N2CC=C(c3cccs3)CC2)CN1CC(F)(F)F. The van der Waals surface area contributed by atoms with E-state index in [1.165, 1.54) is 10.5 Å². The van der Waals surface area contributed by atoms with E-state index < -0.39 is 24.5 Å². The predicted octanol–water partition coefficient (Wildman–Crippen LogP) is 2.77. The van der Waals surface area contributed by atoms with Crippen molar-refractivity contribution in [3.05, 3.63) is 28.5 Å². The first-order valence-corrected chi connectivity index (χ1v) is 8.57. The molecular weight excluding hydrogens is 341 g/mol. The van der Waals surface area contributed by atoms with E-state index in [0.29, 0.717) is 13.1 Å². The van der Waals surface area contributed by atoms with Gasteiger partial charge < -0.3 is 9.80 Å². The maximum Gasteiger partial charge on any atom is 0.406 e. The highest BCUT2D eigenvalue weighted by Crippen LogP contribution is 2.29. The fourth-order valence-corrected chi connectivity index (χ4v) is 3.92. The number of halogens is 3. The fraction of sp³-hybridized carbons (Fsp3) is 0.500. The summed E-state index contributed by atoms with van der Waals surface area (Å²) < 4.78 is 37.3. The molecule has 24 heavy (non-hydrogen) atoms. The van der Waals surface area contributed by atoms with Gasteiger partial charge in [-0.3, -0.25) is 9.59 Å². The summed E-state index contributed by atoms with van der Waals surface area (Å²) in [5.41, 5.74) is 1.19. The molecule has 3 rings (SSSR count). The van der Waals surface area contributed by atoms with Crippen molar-refractivity contribution in [1.82, 2.24) is 9.80 Å². The maximum atomic E-state index is 12.5. The summed E-state index contributed by atoms with van der Waals surface area (Å²) in [6, 6.07) is 4.00. The van der Waals surface area contributed by atoms with Crippen molar-refractivity contribution in [1.29, 1.82) is 0 Å². The molecule has 0 unspecified atom stereocenters. The molecule has 2 aliphatic rings. The summed E-state index contributed by atoms with van der Waals surface area (Å²) in [5.74, 6) is -1.50. The first kappa shape index (κ1) is 17.0. The van der Waals surface area contributed by atoms with Crippen LogP contribution in [0.5, 0.6) is 0 Å². The lowest BCUT2D eigenvalue weighted by Crippen LogP contribution is -2.40. The fourth-order valence-electron chi connectivity index (χ4n) is 3.12. The zero-order valence-corrected chi connectivity index (χ0v) is 13.7. The van der Waals surface area contributed by atoms with Crippen LogP contribution < -0.4 is 0 Å². The van der Waals surface area contributed by atoms with E-state index >= 15 is 0 Å². The molecule has 8 heteroatoms. The highest BCUT2D eigenvalue weighted by atomic mass is 32.1. The zero-order valence-electron chi connectivity index (χ0n) is 12.9. The standard InChI is InChI=1S/C16H17F3N2O2S/c17-16(18,19)10-21-9-12(8-14(21)22)15(23)20-5-3-11(4-6-20)13-2-1-7-24-13/h1-3,7,12H,4-6,8-10H2/t12-/m0/s1. The van der Waals surface area contributed by atoms with Crippen LogP contribution in [0.25, 0.3) is 5.57 Å². The quantitative estimate of drug-likeness (QED) is 0.834. The Labute approximate surface area is 141 Å². The average Bonchev–Trinajstić information content (AvgIpc) is 3.16. The molecule has 0 saturated carbocycles. The first-order valence-electron chi connectivity index (χ1n) is 7.70. The van der Waals surface area contributed by atoms with Crippen molar-refractivity contribution in [3.63, 3.8) is 0 Å². The number of nitrogens with zero attached hydrogens (tertiary/aromatic N) is 2. The van der Waals surface area contributed by atoms with Gasteiger partial charge in [0.25, 0.3) is 0 Å². The third-order valence-electron chi connectivity index (χ3n) is 4.29. The molecule has 2 aliphatic heterocycles. The van der Waals surface area contributed by atoms with Gasteiger partial charge in [-0.25, -0.2) is 0 Å². The molecule has 4 nitrogen and oxygen atoms in total. The van der Waals surface area contributed by atoms with Crippen LogP contribution in [-0.2, 0) is 9.59 Å². The number of likely N-dealkylation sites (tertiary alicyclic amines) is 1. The number of thiophene rings is 1. The van der Waals surface area contributed by atoms with Crippen LogP contribution in [0.4, 0.5) is 13.2 Å². The molecule has 1 aromatic rings. The number of hydrogen-bond donors (Lipinski definition) is 0. The molecular formula is C16H17F3N2O2S. The van der Waals surface area contributed by atoms with Gasteiger partial charge in [0.05, 0.1) is 5.92 Å². The van der Waals surface area contributed by atoms with Crippen molar-refractivity contribution >= 4 is 28.7 Å². The van der Waals surface area contributed by atoms with E-state index in [1.54, 1.807) is 16.2 Å². The van der Waals surface area contributed by atoms with E-state index in [2.05, 4.69) is 0 Å². The van der Waals surface area contributed by atoms with Gasteiger partial charge >= 0.3 is 6.18 Å². The Hall–Kier alpha value is -1.83. The highest BCUT2D eigenvalue weighted by molar-refractivity contribution is 7.11. The van der Waals surface area contributed by atoms with E-state index in [9.17, 15) is 22.8 Å². The van der Waals surface area contributed by atoms with E-state index in [-0.39, 0.29) is 18.9 Å². The molecule has 0 bridgehead atoms. The van der Waals surface area contributed by atoms with Crippen molar-refractivity contribution in [2.24, 2.45) is 5.92 Å². The number of alkyl halides is 3. The summed E-state index contributed by atoms with van der Waals surface area (Å²) in [6.07, 6.45) is -1.86. The third kappa shape index (κ3) is 3.80. The van der Waals surface area contributed by atoms with Gasteiger partial charge in [0.2, 0.25) is 11.8 Å². The summed E-state index contributed by atoms with van der Waals surface area (Å²) in [5, 5.41) is 1.99. The van der Waals surface area contributed by atoms with Gasteiger partial charge in [-0.2, -0.15) is 13.2 Å². The minimum atomic E-state index is -4.43. The number of amides is 2. The third-order valence-corrected chi connectivity index (χ3v) is 5.24. The Morgan fingerprint density at radius 1 is 1.38 bits per heavy atom. The normalized spacial score (nSPS) is 22.0. The minimum absolute atomic E-state index is 0.132. The summed E-state index contributed by atoms with van der Waals surface area (Å²) in [4.78, 5) is 27.7. The molecule has 3 heterocycles. The van der Waals surface area contributed by atoms with Crippen LogP contribution in [-0.4, -0.2) is 54.0 Å². The molecule has 0 N–H and O–H groups in total. The second-order valence-electron chi connectivity index (χ2n) is 6.03. The molecule has 1 atom stereocenters. The Bertz CT molecular complexity index is 655. The van der Waals surface area contributed by atoms with Gasteiger partial charge in [0, 0.05) is 30.9 Å². The topological polar surface area (TPSA) is 40.6 Å². The number of rotatable bonds is 3. The lowest BCUT2D eigenvalue weighted by molar-refractivity contribution is -0.157. The van der Waals surface area contributed by atoms with Crippen LogP contribution in [0.1, 0.15) is 17.7 Å². The molecule has 1 aromatic heterocycles. The average molecular weight is 358 g/mol. The van der Waals surface area contributed by atoms with Crippen LogP contribution in [0, 0.1) is 5.92 Å². The van der Waals surface area contributed by atoms with Crippen molar-refractivity contribution < 1.29 is 22.8 Å². The largest absolute Gasteiger partial charge is 0.406 e. The molecule has 0 radical (unpaired) electrons. The molecule has 1 saturated heterocycles. The Balaban J connectivity index is 1.59. The van der Waals surface area contributed by atoms with Gasteiger partial charge in [-0.05, 0) is 23.4 Å². The minimum Gasteiger partial charge on any atom is -0.338 e. The highest BCUT2D eigenvalue weighted by Gasteiger charge is 2.41. The van der Waals surface area contributed by atoms with Gasteiger partial charge in [0.1, 0.15) is 6.54 Å². The number of carbonyl (C=O) groups excluding carboxylic acids is 2. The van der Waals surface area contributed by atoms with E-state index in [0.717, 1.165) is 11.3 Å². The summed E-state index contributed by atoms with van der Waals surface area (Å²) in [7, 11) is 0. The number of hydrogen-bond acceptors (Lipinski definition) is 3. The second kappa shape index (κ2) is 6.58. The Kier molecular flexibility index (Phi) is 4.67. The van der Waals surface area contributed by atoms with Gasteiger partial charge in [-0.1, -0.05) is 12.1 Å². The lowest BCUT2D eigenvalue weighted by atomic mass is 10.0. The van der Waals surface area contributed by atoms with E-state index in [1.807, 2.05) is 23.6 Å². The van der Waals surface area contributed by atoms with Crippen LogP contribution >= 0.6 is 11.3 Å². The van der Waals surface area contributed by atoms with Gasteiger partial charge in [0.15, 0.2) is 0 Å². The predicted molar refractivity (Wildman–Crippen MR) is 84.2 cm³/mol. The van der Waals surface area contributed by atoms with Crippen LogP contribution in [0.3, 0.4) is 0 Å². The molecule has 130 valence electrons. The Morgan fingerprint density at radius 3 is 2.75 bits per heavy atom. The van der Waals surface area contributed by atoms with Crippen LogP contribution in [0.2, 0.25) is 0 Å². The van der Waals surface area contributed by atoms with Crippen LogP contribution in [0.15, 0.2) is 23.6 Å². The molecule has 2 amide bonds. The zero-order chi connectivity index (χ0) is 17.3. The van der Waals surface area contributed by atoms with Crippen molar-refractivity contribution in [2.45, 2.75) is 19.0 Å². The first-order chi connectivity index (χ1) is 11.3. The smallest absolute Gasteiger partial charge is 0.338 e. The molecule has 0 aromatic carbocycles. The molecule has 1 fully saturated rings. The van der Waals surface area contributed by atoms with Crippen molar-refractivity contribution in [2.75, 3.05) is 26.2 Å². The monoisotopic (exact) mass is 358 g/mol. The van der Waals surface area contributed by atoms with Crippen molar-refractivity contribution in [3.8, 4) is 0 Å². The van der Waals surface area contributed by atoms with E-state index in [4.69, 9.17) is 0 Å². The molecule has 0 spiro atoms. The number of carbonyl (C=O) groups is 2. The maximum absolute atomic E-state index is 12.5. The summed E-state index contributed by atoms with van der Waals surface area (Å²) >= 11 is 1.64. The molecule has 0 aliphatic carbocycles.